The summed E-state index contributed by atoms with van der Waals surface area (Å²) < 4.78 is 10.9. The van der Waals surface area contributed by atoms with E-state index >= 15 is 0 Å². The highest BCUT2D eigenvalue weighted by Crippen LogP contribution is 2.26. The van der Waals surface area contributed by atoms with Gasteiger partial charge in [-0.3, -0.25) is 4.79 Å². The molecular weight excluding hydrogens is 434 g/mol. The first-order valence-corrected chi connectivity index (χ1v) is 10.1. The Labute approximate surface area is 187 Å². The van der Waals surface area contributed by atoms with E-state index in [0.717, 1.165) is 16.3 Å². The van der Waals surface area contributed by atoms with Crippen molar-refractivity contribution in [2.24, 2.45) is 0 Å². The maximum Gasteiger partial charge on any atom is 0.344 e. The third kappa shape index (κ3) is 4.73. The molecule has 32 heavy (non-hydrogen) atoms. The minimum Gasteiger partial charge on any atom is -0.484 e. The average molecular weight is 452 g/mol. The van der Waals surface area contributed by atoms with Crippen molar-refractivity contribution in [2.45, 2.75) is 12.5 Å². The lowest BCUT2D eigenvalue weighted by Gasteiger charge is -2.15. The van der Waals surface area contributed by atoms with Gasteiger partial charge >= 0.3 is 11.6 Å². The second-order valence-corrected chi connectivity index (χ2v) is 7.61. The van der Waals surface area contributed by atoms with E-state index in [4.69, 9.17) is 20.8 Å². The van der Waals surface area contributed by atoms with E-state index in [2.05, 4.69) is 5.32 Å². The highest BCUT2D eigenvalue weighted by Gasteiger charge is 2.21. The third-order valence-corrected chi connectivity index (χ3v) is 5.20. The lowest BCUT2D eigenvalue weighted by atomic mass is 10.1. The molecule has 3 aromatic carbocycles. The first-order valence-electron chi connectivity index (χ1n) is 9.76. The summed E-state index contributed by atoms with van der Waals surface area (Å²) in [5.41, 5.74) is 0.590. The second kappa shape index (κ2) is 9.11. The zero-order valence-electron chi connectivity index (χ0n) is 16.7. The zero-order chi connectivity index (χ0) is 22.7. The van der Waals surface area contributed by atoms with Crippen molar-refractivity contribution in [2.75, 3.05) is 6.61 Å². The van der Waals surface area contributed by atoms with Crippen molar-refractivity contribution in [3.05, 3.63) is 87.7 Å². The van der Waals surface area contributed by atoms with E-state index in [9.17, 15) is 19.5 Å². The average Bonchev–Trinajstić information content (AvgIpc) is 2.78. The number of amides is 1. The predicted molar refractivity (Wildman–Crippen MR) is 120 cm³/mol. The summed E-state index contributed by atoms with van der Waals surface area (Å²) in [5.74, 6) is -1.44. The Hall–Kier alpha value is -3.84. The Balaban J connectivity index is 1.44. The maximum absolute atomic E-state index is 12.3. The SMILES string of the molecule is O=C(COc1ccc2c(c1)oc(=O)c1ccccc12)N[C@H](Cc1ccc(Cl)cc1)C(=O)O. The van der Waals surface area contributed by atoms with Crippen molar-refractivity contribution in [3.8, 4) is 5.75 Å². The van der Waals surface area contributed by atoms with Gasteiger partial charge in [-0.2, -0.15) is 0 Å². The lowest BCUT2D eigenvalue weighted by Crippen LogP contribution is -2.44. The summed E-state index contributed by atoms with van der Waals surface area (Å²) in [6, 6.07) is 17.6. The number of benzene rings is 3. The molecule has 2 N–H and O–H groups in total. The molecule has 4 aromatic rings. The van der Waals surface area contributed by atoms with Gasteiger partial charge in [0.05, 0.1) is 5.39 Å². The highest BCUT2D eigenvalue weighted by molar-refractivity contribution is 6.30. The minimum absolute atomic E-state index is 0.104. The number of hydrogen-bond acceptors (Lipinski definition) is 5. The van der Waals surface area contributed by atoms with Gasteiger partial charge in [0.15, 0.2) is 6.61 Å². The van der Waals surface area contributed by atoms with Gasteiger partial charge < -0.3 is 19.6 Å². The van der Waals surface area contributed by atoms with E-state index in [1.165, 1.54) is 6.07 Å². The summed E-state index contributed by atoms with van der Waals surface area (Å²) in [5, 5.41) is 14.4. The molecule has 162 valence electrons. The standard InChI is InChI=1S/C24H18ClNO6/c25-15-7-5-14(6-8-15)11-20(23(28)29)26-22(27)13-31-16-9-10-18-17-3-1-2-4-19(17)24(30)32-21(18)12-16/h1-10,12,20H,11,13H2,(H,26,27)(H,28,29)/t20-/m1/s1. The molecule has 0 saturated heterocycles. The van der Waals surface area contributed by atoms with Crippen LogP contribution in [0.4, 0.5) is 0 Å². The molecular formula is C24H18ClNO6. The van der Waals surface area contributed by atoms with Crippen LogP contribution in [0.2, 0.25) is 5.02 Å². The smallest absolute Gasteiger partial charge is 0.344 e. The first-order chi connectivity index (χ1) is 15.4. The molecule has 0 fully saturated rings. The molecule has 0 bridgehead atoms. The molecule has 0 saturated carbocycles. The van der Waals surface area contributed by atoms with E-state index in [1.807, 2.05) is 12.1 Å². The molecule has 8 heteroatoms. The van der Waals surface area contributed by atoms with Crippen molar-refractivity contribution in [1.82, 2.24) is 5.32 Å². The van der Waals surface area contributed by atoms with Gasteiger partial charge in [0.1, 0.15) is 17.4 Å². The number of fused-ring (bicyclic) bond motifs is 3. The van der Waals surface area contributed by atoms with Crippen molar-refractivity contribution in [3.63, 3.8) is 0 Å². The zero-order valence-corrected chi connectivity index (χ0v) is 17.5. The van der Waals surface area contributed by atoms with Gasteiger partial charge in [0.2, 0.25) is 0 Å². The van der Waals surface area contributed by atoms with Crippen molar-refractivity contribution >= 4 is 45.2 Å². The van der Waals surface area contributed by atoms with Crippen LogP contribution in [0.15, 0.2) is 75.9 Å². The van der Waals surface area contributed by atoms with Gasteiger partial charge in [0.25, 0.3) is 5.91 Å². The molecule has 0 aliphatic carbocycles. The van der Waals surface area contributed by atoms with Crippen molar-refractivity contribution in [1.29, 1.82) is 0 Å². The van der Waals surface area contributed by atoms with E-state index in [1.54, 1.807) is 48.5 Å². The second-order valence-electron chi connectivity index (χ2n) is 7.17. The van der Waals surface area contributed by atoms with Crippen LogP contribution in [0.3, 0.4) is 0 Å². The Morgan fingerprint density at radius 2 is 1.72 bits per heavy atom. The van der Waals surface area contributed by atoms with Gasteiger partial charge in [-0.25, -0.2) is 9.59 Å². The number of halogens is 1. The summed E-state index contributed by atoms with van der Waals surface area (Å²) in [6.07, 6.45) is 0.104. The number of ether oxygens (including phenoxy) is 1. The normalized spacial score (nSPS) is 11.9. The summed E-state index contributed by atoms with van der Waals surface area (Å²) in [6.45, 7) is -0.395. The molecule has 7 nitrogen and oxygen atoms in total. The number of aliphatic carboxylic acids is 1. The number of hydrogen-bond donors (Lipinski definition) is 2. The monoisotopic (exact) mass is 451 g/mol. The van der Waals surface area contributed by atoms with Crippen molar-refractivity contribution < 1.29 is 23.8 Å². The molecule has 0 aliphatic heterocycles. The van der Waals surface area contributed by atoms with Gasteiger partial charge in [-0.15, -0.1) is 0 Å². The summed E-state index contributed by atoms with van der Waals surface area (Å²) >= 11 is 5.84. The molecule has 0 unspecified atom stereocenters. The van der Waals surface area contributed by atoms with Gasteiger partial charge in [-0.05, 0) is 41.3 Å². The summed E-state index contributed by atoms with van der Waals surface area (Å²) in [4.78, 5) is 36.0. The Morgan fingerprint density at radius 1 is 1.00 bits per heavy atom. The van der Waals surface area contributed by atoms with E-state index in [-0.39, 0.29) is 6.42 Å². The van der Waals surface area contributed by atoms with Crippen LogP contribution >= 0.6 is 11.6 Å². The Bertz CT molecular complexity index is 1360. The number of carbonyl (C=O) groups excluding carboxylic acids is 1. The van der Waals surface area contributed by atoms with Crippen LogP contribution in [0.5, 0.6) is 5.75 Å². The van der Waals surface area contributed by atoms with Gasteiger partial charge in [0, 0.05) is 22.9 Å². The van der Waals surface area contributed by atoms with Crippen LogP contribution in [0, 0.1) is 0 Å². The van der Waals surface area contributed by atoms with Crippen LogP contribution in [-0.4, -0.2) is 29.6 Å². The predicted octanol–water partition coefficient (Wildman–Crippen LogP) is 3.79. The molecule has 0 radical (unpaired) electrons. The Morgan fingerprint density at radius 3 is 2.44 bits per heavy atom. The topological polar surface area (TPSA) is 106 Å². The van der Waals surface area contributed by atoms with E-state index < -0.39 is 30.2 Å². The van der Waals surface area contributed by atoms with E-state index in [0.29, 0.717) is 21.7 Å². The molecule has 0 aliphatic rings. The van der Waals surface area contributed by atoms with Crippen LogP contribution in [0.25, 0.3) is 21.7 Å². The molecule has 1 amide bonds. The quantitative estimate of drug-likeness (QED) is 0.327. The van der Waals surface area contributed by atoms with Crippen LogP contribution in [-0.2, 0) is 16.0 Å². The first kappa shape index (κ1) is 21.4. The van der Waals surface area contributed by atoms with Crippen LogP contribution in [0.1, 0.15) is 5.56 Å². The maximum atomic E-state index is 12.3. The summed E-state index contributed by atoms with van der Waals surface area (Å²) in [7, 11) is 0. The van der Waals surface area contributed by atoms with Crippen LogP contribution < -0.4 is 15.7 Å². The fourth-order valence-corrected chi connectivity index (χ4v) is 3.52. The molecule has 1 aromatic heterocycles. The molecule has 1 heterocycles. The minimum atomic E-state index is -1.16. The highest BCUT2D eigenvalue weighted by atomic mass is 35.5. The number of carbonyl (C=O) groups is 2. The number of nitrogens with one attached hydrogen (secondary N) is 1. The molecule has 4 rings (SSSR count). The van der Waals surface area contributed by atoms with Gasteiger partial charge in [-0.1, -0.05) is 41.9 Å². The fraction of sp³-hybridized carbons (Fsp3) is 0.125. The third-order valence-electron chi connectivity index (χ3n) is 4.95. The molecule has 1 atom stereocenters. The Kier molecular flexibility index (Phi) is 6.09. The lowest BCUT2D eigenvalue weighted by molar-refractivity contribution is -0.142. The largest absolute Gasteiger partial charge is 0.484 e. The number of rotatable bonds is 7. The fourth-order valence-electron chi connectivity index (χ4n) is 3.39. The number of carboxylic acid groups (broad SMARTS) is 1. The molecule has 0 spiro atoms. The number of carboxylic acids is 1.